The molecule has 2 aromatic carbocycles. The van der Waals surface area contributed by atoms with E-state index in [0.29, 0.717) is 0 Å². The number of aromatic nitrogens is 1. The predicted octanol–water partition coefficient (Wildman–Crippen LogP) is 4.87. The zero-order chi connectivity index (χ0) is 15.8. The fraction of sp³-hybridized carbons (Fsp3) is 0.0556. The molecule has 3 N–H and O–H groups in total. The molecule has 5 nitrogen and oxygen atoms in total. The maximum Gasteiger partial charge on any atom is 0.323 e. The molecule has 114 valence electrons. The van der Waals surface area contributed by atoms with Gasteiger partial charge in [-0.1, -0.05) is 12.1 Å². The molecule has 4 aromatic rings. The van der Waals surface area contributed by atoms with E-state index in [-0.39, 0.29) is 6.03 Å². The number of para-hydroxylation sites is 1. The average molecular weight is 305 g/mol. The summed E-state index contributed by atoms with van der Waals surface area (Å²) < 4.78 is 5.41. The fourth-order valence-electron chi connectivity index (χ4n) is 2.71. The first-order valence-electron chi connectivity index (χ1n) is 7.33. The number of anilines is 2. The van der Waals surface area contributed by atoms with Gasteiger partial charge >= 0.3 is 6.03 Å². The van der Waals surface area contributed by atoms with Crippen molar-refractivity contribution in [2.75, 3.05) is 10.6 Å². The van der Waals surface area contributed by atoms with Crippen molar-refractivity contribution in [2.45, 2.75) is 6.92 Å². The lowest BCUT2D eigenvalue weighted by Crippen LogP contribution is -2.19. The summed E-state index contributed by atoms with van der Waals surface area (Å²) in [6.07, 6.45) is 3.56. The number of urea groups is 1. The molecule has 0 unspecified atom stereocenters. The molecule has 23 heavy (non-hydrogen) atoms. The van der Waals surface area contributed by atoms with Gasteiger partial charge in [-0.3, -0.25) is 0 Å². The number of amides is 2. The molecule has 0 atom stereocenters. The Labute approximate surface area is 132 Å². The monoisotopic (exact) mass is 305 g/mol. The van der Waals surface area contributed by atoms with E-state index in [1.54, 1.807) is 6.26 Å². The van der Waals surface area contributed by atoms with Crippen LogP contribution >= 0.6 is 0 Å². The fourth-order valence-corrected chi connectivity index (χ4v) is 2.71. The molecule has 0 bridgehead atoms. The first-order chi connectivity index (χ1) is 11.2. The average Bonchev–Trinajstić information content (AvgIpc) is 3.15. The molecule has 0 aliphatic heterocycles. The summed E-state index contributed by atoms with van der Waals surface area (Å²) in [6, 6.07) is 13.0. The molecule has 2 amide bonds. The Morgan fingerprint density at radius 1 is 1.13 bits per heavy atom. The maximum atomic E-state index is 12.2. The highest BCUT2D eigenvalue weighted by atomic mass is 16.3. The second-order valence-electron chi connectivity index (χ2n) is 5.46. The highest BCUT2D eigenvalue weighted by Crippen LogP contribution is 2.25. The minimum atomic E-state index is -0.285. The third kappa shape index (κ3) is 2.42. The van der Waals surface area contributed by atoms with Crippen LogP contribution in [0.15, 0.2) is 59.3 Å². The van der Waals surface area contributed by atoms with E-state index in [0.717, 1.165) is 38.8 Å². The SMILES string of the molecule is Cc1coc2ccc(NC(=O)Nc3cccc4cc[nH]c34)cc12. The molecule has 0 saturated carbocycles. The molecule has 0 aliphatic rings. The largest absolute Gasteiger partial charge is 0.464 e. The van der Waals surface area contributed by atoms with Crippen molar-refractivity contribution in [1.82, 2.24) is 4.98 Å². The molecule has 4 rings (SSSR count). The summed E-state index contributed by atoms with van der Waals surface area (Å²) in [5.74, 6) is 0. The number of furan rings is 1. The van der Waals surface area contributed by atoms with Gasteiger partial charge in [0.25, 0.3) is 0 Å². The molecule has 0 radical (unpaired) electrons. The summed E-state index contributed by atoms with van der Waals surface area (Å²) in [5, 5.41) is 7.77. The molecule has 0 fully saturated rings. The van der Waals surface area contributed by atoms with E-state index in [1.165, 1.54) is 0 Å². The van der Waals surface area contributed by atoms with Crippen LogP contribution in [-0.4, -0.2) is 11.0 Å². The normalized spacial score (nSPS) is 11.0. The van der Waals surface area contributed by atoms with Gasteiger partial charge in [-0.05, 0) is 42.8 Å². The highest BCUT2D eigenvalue weighted by Gasteiger charge is 2.08. The highest BCUT2D eigenvalue weighted by molar-refractivity contribution is 6.05. The Bertz CT molecular complexity index is 1010. The molecular formula is C18H15N3O2. The number of H-pyrrole nitrogens is 1. The second-order valence-corrected chi connectivity index (χ2v) is 5.46. The van der Waals surface area contributed by atoms with Crippen molar-refractivity contribution in [3.05, 3.63) is 60.5 Å². The smallest absolute Gasteiger partial charge is 0.323 e. The van der Waals surface area contributed by atoms with Gasteiger partial charge in [0.15, 0.2) is 0 Å². The Morgan fingerprint density at radius 2 is 2.04 bits per heavy atom. The number of hydrogen-bond acceptors (Lipinski definition) is 2. The van der Waals surface area contributed by atoms with Gasteiger partial charge in [0.05, 0.1) is 17.5 Å². The standard InChI is InChI=1S/C18H15N3O2/c1-11-10-23-16-6-5-13(9-14(11)16)20-18(22)21-15-4-2-3-12-7-8-19-17(12)15/h2-10,19H,1H3,(H2,20,21,22). The van der Waals surface area contributed by atoms with Gasteiger partial charge < -0.3 is 20.0 Å². The number of hydrogen-bond donors (Lipinski definition) is 3. The quantitative estimate of drug-likeness (QED) is 0.494. The first kappa shape index (κ1) is 13.5. The van der Waals surface area contributed by atoms with Gasteiger partial charge in [0, 0.05) is 22.7 Å². The zero-order valence-corrected chi connectivity index (χ0v) is 12.5. The van der Waals surface area contributed by atoms with Gasteiger partial charge in [0.2, 0.25) is 0 Å². The van der Waals surface area contributed by atoms with Gasteiger partial charge in [-0.25, -0.2) is 4.79 Å². The van der Waals surface area contributed by atoms with E-state index in [4.69, 9.17) is 4.42 Å². The van der Waals surface area contributed by atoms with Crippen LogP contribution in [0.25, 0.3) is 21.9 Å². The van der Waals surface area contributed by atoms with E-state index in [1.807, 2.05) is 55.6 Å². The minimum absolute atomic E-state index is 0.285. The molecular weight excluding hydrogens is 290 g/mol. The zero-order valence-electron chi connectivity index (χ0n) is 12.5. The third-order valence-corrected chi connectivity index (χ3v) is 3.86. The van der Waals surface area contributed by atoms with Crippen molar-refractivity contribution < 1.29 is 9.21 Å². The van der Waals surface area contributed by atoms with Crippen LogP contribution in [-0.2, 0) is 0 Å². The molecule has 2 aromatic heterocycles. The van der Waals surface area contributed by atoms with Crippen LogP contribution in [0.5, 0.6) is 0 Å². The lowest BCUT2D eigenvalue weighted by molar-refractivity contribution is 0.262. The molecule has 0 saturated heterocycles. The summed E-state index contributed by atoms with van der Waals surface area (Å²) in [7, 11) is 0. The topological polar surface area (TPSA) is 70.1 Å². The summed E-state index contributed by atoms with van der Waals surface area (Å²) in [6.45, 7) is 1.97. The Hall–Kier alpha value is -3.21. The lowest BCUT2D eigenvalue weighted by Gasteiger charge is -2.09. The van der Waals surface area contributed by atoms with Crippen LogP contribution in [0.2, 0.25) is 0 Å². The summed E-state index contributed by atoms with van der Waals surface area (Å²) in [5.41, 5.74) is 4.22. The number of carbonyl (C=O) groups excluding carboxylic acids is 1. The number of fused-ring (bicyclic) bond motifs is 2. The molecule has 0 spiro atoms. The van der Waals surface area contributed by atoms with Crippen molar-refractivity contribution in [3.63, 3.8) is 0 Å². The van der Waals surface area contributed by atoms with Gasteiger partial charge in [0.1, 0.15) is 5.58 Å². The number of aromatic amines is 1. The van der Waals surface area contributed by atoms with Crippen molar-refractivity contribution in [2.24, 2.45) is 0 Å². The van der Waals surface area contributed by atoms with Gasteiger partial charge in [-0.15, -0.1) is 0 Å². The van der Waals surface area contributed by atoms with Crippen LogP contribution < -0.4 is 10.6 Å². The van der Waals surface area contributed by atoms with E-state index in [2.05, 4.69) is 15.6 Å². The minimum Gasteiger partial charge on any atom is -0.464 e. The van der Waals surface area contributed by atoms with E-state index in [9.17, 15) is 4.79 Å². The van der Waals surface area contributed by atoms with Crippen LogP contribution in [0.3, 0.4) is 0 Å². The predicted molar refractivity (Wildman–Crippen MR) is 91.9 cm³/mol. The third-order valence-electron chi connectivity index (χ3n) is 3.86. The maximum absolute atomic E-state index is 12.2. The number of carbonyl (C=O) groups is 1. The van der Waals surface area contributed by atoms with E-state index >= 15 is 0 Å². The van der Waals surface area contributed by atoms with Crippen LogP contribution in [0.4, 0.5) is 16.2 Å². The Morgan fingerprint density at radius 3 is 2.96 bits per heavy atom. The van der Waals surface area contributed by atoms with Crippen LogP contribution in [0, 0.1) is 6.92 Å². The number of rotatable bonds is 2. The summed E-state index contributed by atoms with van der Waals surface area (Å²) in [4.78, 5) is 15.4. The number of benzene rings is 2. The van der Waals surface area contributed by atoms with Crippen molar-refractivity contribution in [3.8, 4) is 0 Å². The number of aryl methyl sites for hydroxylation is 1. The van der Waals surface area contributed by atoms with Gasteiger partial charge in [-0.2, -0.15) is 0 Å². The molecule has 2 heterocycles. The Kier molecular flexibility index (Phi) is 3.05. The van der Waals surface area contributed by atoms with Crippen molar-refractivity contribution >= 4 is 39.3 Å². The molecule has 5 heteroatoms. The number of nitrogens with one attached hydrogen (secondary N) is 3. The Balaban J connectivity index is 1.57. The van der Waals surface area contributed by atoms with Crippen LogP contribution in [0.1, 0.15) is 5.56 Å². The molecule has 0 aliphatic carbocycles. The second kappa shape index (κ2) is 5.21. The summed E-state index contributed by atoms with van der Waals surface area (Å²) >= 11 is 0. The lowest BCUT2D eigenvalue weighted by atomic mass is 10.2. The van der Waals surface area contributed by atoms with E-state index < -0.39 is 0 Å². The van der Waals surface area contributed by atoms with Crippen molar-refractivity contribution in [1.29, 1.82) is 0 Å². The first-order valence-corrected chi connectivity index (χ1v) is 7.33.